The number of aliphatic hydroxyl groups is 1. The van der Waals surface area contributed by atoms with E-state index in [0.717, 1.165) is 28.8 Å². The Morgan fingerprint density at radius 3 is 2.44 bits per heavy atom. The van der Waals surface area contributed by atoms with E-state index in [1.54, 1.807) is 9.58 Å². The summed E-state index contributed by atoms with van der Waals surface area (Å²) in [6, 6.07) is 16.3. The number of ketones is 1. The summed E-state index contributed by atoms with van der Waals surface area (Å²) in [5.74, 6) is -1.50. The molecular weight excluding hydrogens is 524 g/mol. The fourth-order valence-corrected chi connectivity index (χ4v) is 5.06. The zero-order valence-corrected chi connectivity index (χ0v) is 21.5. The SMILES string of the molecule is Cc1c(C(O)=C2C(=O)C(=O)N(CCN3CCOCC3)[C@H]2c2ccc(Br)cc2)cnn1-c1ccccc1. The predicted molar refractivity (Wildman–Crippen MR) is 139 cm³/mol. The summed E-state index contributed by atoms with van der Waals surface area (Å²) in [6.07, 6.45) is 1.54. The van der Waals surface area contributed by atoms with E-state index in [9.17, 15) is 14.7 Å². The van der Waals surface area contributed by atoms with E-state index in [-0.39, 0.29) is 11.3 Å². The third kappa shape index (κ3) is 4.61. The second kappa shape index (κ2) is 10.4. The van der Waals surface area contributed by atoms with E-state index in [1.807, 2.05) is 61.5 Å². The number of para-hydroxylation sites is 1. The number of rotatable bonds is 6. The number of morpholine rings is 1. The molecule has 5 rings (SSSR count). The number of likely N-dealkylation sites (tertiary alicyclic amines) is 1. The molecule has 8 nitrogen and oxygen atoms in total. The van der Waals surface area contributed by atoms with Gasteiger partial charge in [0.05, 0.1) is 48.0 Å². The molecule has 3 heterocycles. The molecule has 1 atom stereocenters. The number of carbonyl (C=O) groups is 2. The van der Waals surface area contributed by atoms with E-state index in [0.29, 0.717) is 37.6 Å². The van der Waals surface area contributed by atoms with Gasteiger partial charge in [0.25, 0.3) is 11.7 Å². The lowest BCUT2D eigenvalue weighted by atomic mass is 9.95. The standard InChI is InChI=1S/C27H27BrN4O4/c1-18-22(17-29-32(18)21-5-3-2-4-6-21)25(33)23-24(19-7-9-20(28)10-8-19)31(27(35)26(23)34)12-11-30-13-15-36-16-14-30/h2-10,17,24,33H,11-16H2,1H3/t24-/m0/s1. The van der Waals surface area contributed by atoms with Crippen LogP contribution in [0.25, 0.3) is 11.4 Å². The highest BCUT2D eigenvalue weighted by Gasteiger charge is 2.46. The molecule has 1 aromatic heterocycles. The first-order valence-corrected chi connectivity index (χ1v) is 12.7. The number of carbonyl (C=O) groups excluding carboxylic acids is 2. The van der Waals surface area contributed by atoms with Crippen molar-refractivity contribution in [1.29, 1.82) is 0 Å². The van der Waals surface area contributed by atoms with Crippen molar-refractivity contribution >= 4 is 33.4 Å². The molecule has 36 heavy (non-hydrogen) atoms. The van der Waals surface area contributed by atoms with Gasteiger partial charge in [-0.2, -0.15) is 5.10 Å². The van der Waals surface area contributed by atoms with Gasteiger partial charge in [-0.3, -0.25) is 14.5 Å². The lowest BCUT2D eigenvalue weighted by Gasteiger charge is -2.31. The van der Waals surface area contributed by atoms with Crippen LogP contribution in [0.5, 0.6) is 0 Å². The third-order valence-corrected chi connectivity index (χ3v) is 7.28. The fourth-order valence-electron chi connectivity index (χ4n) is 4.79. The van der Waals surface area contributed by atoms with Crippen molar-refractivity contribution in [3.63, 3.8) is 0 Å². The maximum atomic E-state index is 13.3. The fraction of sp³-hybridized carbons (Fsp3) is 0.296. The van der Waals surface area contributed by atoms with Crippen LogP contribution in [0.4, 0.5) is 0 Å². The van der Waals surface area contributed by atoms with E-state index in [1.165, 1.54) is 6.20 Å². The monoisotopic (exact) mass is 550 g/mol. The first kappa shape index (κ1) is 24.4. The molecule has 0 spiro atoms. The molecule has 0 saturated carbocycles. The van der Waals surface area contributed by atoms with Crippen LogP contribution < -0.4 is 0 Å². The largest absolute Gasteiger partial charge is 0.507 e. The number of amides is 1. The molecule has 186 valence electrons. The molecule has 0 unspecified atom stereocenters. The molecule has 2 saturated heterocycles. The Balaban J connectivity index is 1.55. The zero-order chi connectivity index (χ0) is 25.2. The number of hydrogen-bond donors (Lipinski definition) is 1. The molecule has 0 radical (unpaired) electrons. The quantitative estimate of drug-likeness (QED) is 0.286. The van der Waals surface area contributed by atoms with Crippen molar-refractivity contribution in [2.75, 3.05) is 39.4 Å². The van der Waals surface area contributed by atoms with Crippen LogP contribution in [0.1, 0.15) is 22.9 Å². The molecule has 3 aromatic rings. The van der Waals surface area contributed by atoms with Gasteiger partial charge in [-0.05, 0) is 36.8 Å². The van der Waals surface area contributed by atoms with Gasteiger partial charge < -0.3 is 14.7 Å². The molecule has 2 aliphatic rings. The van der Waals surface area contributed by atoms with Crippen LogP contribution in [0.3, 0.4) is 0 Å². The predicted octanol–water partition coefficient (Wildman–Crippen LogP) is 3.70. The van der Waals surface area contributed by atoms with Crippen molar-refractivity contribution in [2.24, 2.45) is 0 Å². The van der Waals surface area contributed by atoms with Crippen LogP contribution in [-0.4, -0.2) is 75.8 Å². The summed E-state index contributed by atoms with van der Waals surface area (Å²) in [6.45, 7) is 5.69. The summed E-state index contributed by atoms with van der Waals surface area (Å²) in [5, 5.41) is 15.9. The molecule has 2 aliphatic heterocycles. The Bertz CT molecular complexity index is 1300. The molecule has 2 aromatic carbocycles. The average molecular weight is 551 g/mol. The Morgan fingerprint density at radius 1 is 1.06 bits per heavy atom. The third-order valence-electron chi connectivity index (χ3n) is 6.75. The lowest BCUT2D eigenvalue weighted by Crippen LogP contribution is -2.42. The minimum Gasteiger partial charge on any atom is -0.507 e. The first-order chi connectivity index (χ1) is 17.5. The Labute approximate surface area is 217 Å². The Hall–Kier alpha value is -3.27. The summed E-state index contributed by atoms with van der Waals surface area (Å²) in [7, 11) is 0. The number of halogens is 1. The van der Waals surface area contributed by atoms with E-state index < -0.39 is 17.7 Å². The Kier molecular flexibility index (Phi) is 7.04. The topological polar surface area (TPSA) is 87.9 Å². The van der Waals surface area contributed by atoms with Gasteiger partial charge >= 0.3 is 0 Å². The van der Waals surface area contributed by atoms with Crippen LogP contribution in [0, 0.1) is 6.92 Å². The van der Waals surface area contributed by atoms with Gasteiger partial charge in [-0.25, -0.2) is 4.68 Å². The second-order valence-corrected chi connectivity index (χ2v) is 9.80. The van der Waals surface area contributed by atoms with Gasteiger partial charge in [0, 0.05) is 30.7 Å². The van der Waals surface area contributed by atoms with Crippen molar-refractivity contribution in [3.05, 3.63) is 87.7 Å². The van der Waals surface area contributed by atoms with Gasteiger partial charge in [-0.15, -0.1) is 0 Å². The van der Waals surface area contributed by atoms with Crippen molar-refractivity contribution < 1.29 is 19.4 Å². The van der Waals surface area contributed by atoms with E-state index >= 15 is 0 Å². The summed E-state index contributed by atoms with van der Waals surface area (Å²) in [4.78, 5) is 30.4. The molecule has 1 amide bonds. The van der Waals surface area contributed by atoms with Crippen LogP contribution in [0.15, 0.2) is 70.8 Å². The maximum Gasteiger partial charge on any atom is 0.295 e. The molecule has 1 N–H and O–H groups in total. The molecule has 2 fully saturated rings. The minimum absolute atomic E-state index is 0.0833. The number of hydrogen-bond acceptors (Lipinski definition) is 6. The van der Waals surface area contributed by atoms with Gasteiger partial charge in [-0.1, -0.05) is 46.3 Å². The normalized spacial score (nSPS) is 20.3. The molecule has 0 bridgehead atoms. The number of benzene rings is 2. The second-order valence-electron chi connectivity index (χ2n) is 8.89. The molecule has 0 aliphatic carbocycles. The van der Waals surface area contributed by atoms with Gasteiger partial charge in [0.2, 0.25) is 0 Å². The average Bonchev–Trinajstić information content (AvgIpc) is 3.41. The minimum atomic E-state index is -0.696. The van der Waals surface area contributed by atoms with Gasteiger partial charge in [0.1, 0.15) is 5.76 Å². The number of ether oxygens (including phenoxy) is 1. The summed E-state index contributed by atoms with van der Waals surface area (Å²) in [5.41, 5.74) is 2.78. The summed E-state index contributed by atoms with van der Waals surface area (Å²) < 4.78 is 8.02. The van der Waals surface area contributed by atoms with Crippen LogP contribution in [-0.2, 0) is 14.3 Å². The lowest BCUT2D eigenvalue weighted by molar-refractivity contribution is -0.140. The smallest absolute Gasteiger partial charge is 0.295 e. The van der Waals surface area contributed by atoms with Crippen molar-refractivity contribution in [2.45, 2.75) is 13.0 Å². The first-order valence-electron chi connectivity index (χ1n) is 11.9. The number of aliphatic hydroxyl groups excluding tert-OH is 1. The highest BCUT2D eigenvalue weighted by atomic mass is 79.9. The number of aromatic nitrogens is 2. The highest BCUT2D eigenvalue weighted by Crippen LogP contribution is 2.40. The van der Waals surface area contributed by atoms with Crippen LogP contribution >= 0.6 is 15.9 Å². The van der Waals surface area contributed by atoms with Crippen molar-refractivity contribution in [3.8, 4) is 5.69 Å². The van der Waals surface area contributed by atoms with Gasteiger partial charge in [0.15, 0.2) is 0 Å². The van der Waals surface area contributed by atoms with E-state index in [2.05, 4.69) is 25.9 Å². The van der Waals surface area contributed by atoms with Crippen LogP contribution in [0.2, 0.25) is 0 Å². The number of Topliss-reactive ketones (excluding diaryl/α,β-unsaturated/α-hetero) is 1. The van der Waals surface area contributed by atoms with E-state index in [4.69, 9.17) is 4.74 Å². The Morgan fingerprint density at radius 2 is 1.75 bits per heavy atom. The molecular formula is C27H27BrN4O4. The van der Waals surface area contributed by atoms with Crippen molar-refractivity contribution in [1.82, 2.24) is 19.6 Å². The maximum absolute atomic E-state index is 13.3. The molecule has 9 heteroatoms. The summed E-state index contributed by atoms with van der Waals surface area (Å²) >= 11 is 3.45. The zero-order valence-electron chi connectivity index (χ0n) is 19.9. The number of nitrogens with zero attached hydrogens (tertiary/aromatic N) is 4. The highest BCUT2D eigenvalue weighted by molar-refractivity contribution is 9.10.